The van der Waals surface area contributed by atoms with Crippen molar-refractivity contribution in [2.45, 2.75) is 33.8 Å². The number of aryl methyl sites for hydroxylation is 1. The number of anilines is 1. The van der Waals surface area contributed by atoms with Crippen molar-refractivity contribution < 1.29 is 14.3 Å². The minimum atomic E-state index is -0.175. The molecule has 166 valence electrons. The first-order valence-corrected chi connectivity index (χ1v) is 11.3. The molecule has 3 aromatic heterocycles. The van der Waals surface area contributed by atoms with Crippen LogP contribution in [0.2, 0.25) is 0 Å². The molecule has 1 aromatic carbocycles. The van der Waals surface area contributed by atoms with Crippen LogP contribution in [0.1, 0.15) is 39.9 Å². The molecule has 0 unspecified atom stereocenters. The van der Waals surface area contributed by atoms with Crippen LogP contribution in [-0.2, 0) is 13.0 Å². The summed E-state index contributed by atoms with van der Waals surface area (Å²) in [5, 5.41) is 3.93. The van der Waals surface area contributed by atoms with Crippen molar-refractivity contribution in [2.75, 3.05) is 12.4 Å². The van der Waals surface area contributed by atoms with E-state index in [1.807, 2.05) is 41.9 Å². The largest absolute Gasteiger partial charge is 0.493 e. The molecule has 1 N–H and O–H groups in total. The highest BCUT2D eigenvalue weighted by Gasteiger charge is 2.17. The number of carbonyl (C=O) groups is 1. The van der Waals surface area contributed by atoms with Crippen molar-refractivity contribution in [3.8, 4) is 11.5 Å². The van der Waals surface area contributed by atoms with Gasteiger partial charge in [0.15, 0.2) is 11.5 Å². The van der Waals surface area contributed by atoms with E-state index in [4.69, 9.17) is 9.47 Å². The van der Waals surface area contributed by atoms with Crippen molar-refractivity contribution in [1.29, 1.82) is 0 Å². The van der Waals surface area contributed by atoms with E-state index >= 15 is 0 Å². The molecule has 0 fully saturated rings. The van der Waals surface area contributed by atoms with E-state index in [1.54, 1.807) is 25.3 Å². The van der Waals surface area contributed by atoms with Crippen LogP contribution in [0, 0.1) is 12.8 Å². The Hall–Kier alpha value is -3.39. The molecule has 0 atom stereocenters. The summed E-state index contributed by atoms with van der Waals surface area (Å²) in [5.74, 6) is 1.43. The van der Waals surface area contributed by atoms with Crippen LogP contribution in [0.15, 0.2) is 48.8 Å². The number of nitrogens with one attached hydrogen (secondary N) is 1. The summed E-state index contributed by atoms with van der Waals surface area (Å²) in [4.78, 5) is 22.6. The Morgan fingerprint density at radius 1 is 1.19 bits per heavy atom. The number of hydrogen-bond acceptors (Lipinski definition) is 6. The van der Waals surface area contributed by atoms with Crippen LogP contribution in [0.3, 0.4) is 0 Å². The molecular formula is C24H26N4O3S. The third-order valence-electron chi connectivity index (χ3n) is 4.84. The van der Waals surface area contributed by atoms with E-state index in [0.717, 1.165) is 28.5 Å². The van der Waals surface area contributed by atoms with Crippen LogP contribution in [0.25, 0.3) is 5.65 Å². The van der Waals surface area contributed by atoms with Gasteiger partial charge in [-0.25, -0.2) is 9.97 Å². The van der Waals surface area contributed by atoms with E-state index in [0.29, 0.717) is 28.0 Å². The fraction of sp³-hybridized carbons (Fsp3) is 0.292. The van der Waals surface area contributed by atoms with Gasteiger partial charge in [0, 0.05) is 30.6 Å². The second-order valence-corrected chi connectivity index (χ2v) is 9.01. The number of hydrogen-bond donors (Lipinski definition) is 1. The van der Waals surface area contributed by atoms with Crippen LogP contribution in [-0.4, -0.2) is 27.4 Å². The number of nitrogens with zero attached hydrogens (tertiary/aromatic N) is 3. The maximum absolute atomic E-state index is 12.9. The van der Waals surface area contributed by atoms with E-state index in [2.05, 4.69) is 29.1 Å². The Morgan fingerprint density at radius 3 is 2.78 bits per heavy atom. The third-order valence-corrected chi connectivity index (χ3v) is 6.02. The zero-order valence-corrected chi connectivity index (χ0v) is 19.4. The highest BCUT2D eigenvalue weighted by molar-refractivity contribution is 7.13. The normalized spacial score (nSPS) is 11.2. The number of thiazole rings is 1. The molecule has 8 heteroatoms. The lowest BCUT2D eigenvalue weighted by Crippen LogP contribution is -2.11. The van der Waals surface area contributed by atoms with Crippen LogP contribution < -0.4 is 14.8 Å². The smallest absolute Gasteiger partial charge is 0.267 e. The van der Waals surface area contributed by atoms with Crippen molar-refractivity contribution in [3.63, 3.8) is 0 Å². The lowest BCUT2D eigenvalue weighted by atomic mass is 10.1. The highest BCUT2D eigenvalue weighted by atomic mass is 32.1. The molecular weight excluding hydrogens is 424 g/mol. The molecule has 3 heterocycles. The molecule has 4 aromatic rings. The van der Waals surface area contributed by atoms with Gasteiger partial charge in [-0.2, -0.15) is 0 Å². The van der Waals surface area contributed by atoms with Gasteiger partial charge in [-0.05, 0) is 37.1 Å². The standard InChI is InChI=1S/C24H26N4O3S/c1-15(2)11-22-25-16(3)23(32-22)24(29)27-17-8-9-19(30-4)20(12-17)31-14-18-13-28-10-6-5-7-21(28)26-18/h5-10,12-13,15H,11,14H2,1-4H3,(H,27,29). The first-order valence-electron chi connectivity index (χ1n) is 10.4. The van der Waals surface area contributed by atoms with Crippen molar-refractivity contribution in [1.82, 2.24) is 14.4 Å². The third kappa shape index (κ3) is 4.91. The SMILES string of the molecule is COc1ccc(NC(=O)c2sc(CC(C)C)nc2C)cc1OCc1cn2ccccc2n1. The molecule has 4 rings (SSSR count). The summed E-state index contributed by atoms with van der Waals surface area (Å²) in [6.07, 6.45) is 4.73. The molecule has 0 aliphatic rings. The molecule has 0 saturated heterocycles. The summed E-state index contributed by atoms with van der Waals surface area (Å²) < 4.78 is 13.3. The average molecular weight is 451 g/mol. The molecule has 0 saturated carbocycles. The Bertz CT molecular complexity index is 1210. The lowest BCUT2D eigenvalue weighted by Gasteiger charge is -2.12. The number of ether oxygens (including phenoxy) is 2. The number of pyridine rings is 1. The Balaban J connectivity index is 1.48. The quantitative estimate of drug-likeness (QED) is 0.402. The number of amides is 1. The number of rotatable bonds is 8. The topological polar surface area (TPSA) is 77.8 Å². The van der Waals surface area contributed by atoms with Crippen molar-refractivity contribution in [3.05, 3.63) is 70.1 Å². The first-order chi connectivity index (χ1) is 15.4. The Morgan fingerprint density at radius 2 is 2.03 bits per heavy atom. The number of aromatic nitrogens is 3. The molecule has 0 spiro atoms. The number of benzene rings is 1. The first kappa shape index (κ1) is 21.8. The molecule has 7 nitrogen and oxygen atoms in total. The van der Waals surface area contributed by atoms with Gasteiger partial charge in [-0.3, -0.25) is 4.79 Å². The molecule has 1 amide bonds. The van der Waals surface area contributed by atoms with Crippen LogP contribution in [0.4, 0.5) is 5.69 Å². The molecule has 0 radical (unpaired) electrons. The Kier molecular flexibility index (Phi) is 6.41. The molecule has 0 bridgehead atoms. The predicted octanol–water partition coefficient (Wildman–Crippen LogP) is 5.14. The van der Waals surface area contributed by atoms with Crippen LogP contribution >= 0.6 is 11.3 Å². The fourth-order valence-corrected chi connectivity index (χ4v) is 4.54. The molecule has 32 heavy (non-hydrogen) atoms. The predicted molar refractivity (Wildman–Crippen MR) is 126 cm³/mol. The number of carbonyl (C=O) groups excluding carboxylic acids is 1. The zero-order valence-electron chi connectivity index (χ0n) is 18.6. The molecule has 0 aliphatic heterocycles. The highest BCUT2D eigenvalue weighted by Crippen LogP contribution is 2.31. The van der Waals surface area contributed by atoms with Crippen molar-refractivity contribution in [2.24, 2.45) is 5.92 Å². The Labute approximate surface area is 191 Å². The summed E-state index contributed by atoms with van der Waals surface area (Å²) >= 11 is 1.45. The van der Waals surface area contributed by atoms with Gasteiger partial charge >= 0.3 is 0 Å². The lowest BCUT2D eigenvalue weighted by molar-refractivity contribution is 0.103. The van der Waals surface area contributed by atoms with E-state index < -0.39 is 0 Å². The molecule has 0 aliphatic carbocycles. The number of methoxy groups -OCH3 is 1. The van der Waals surface area contributed by atoms with Gasteiger partial charge in [0.2, 0.25) is 0 Å². The summed E-state index contributed by atoms with van der Waals surface area (Å²) in [6, 6.07) is 11.2. The summed E-state index contributed by atoms with van der Waals surface area (Å²) in [7, 11) is 1.59. The van der Waals surface area contributed by atoms with Gasteiger partial charge in [-0.1, -0.05) is 19.9 Å². The average Bonchev–Trinajstić information content (AvgIpc) is 3.34. The van der Waals surface area contributed by atoms with Gasteiger partial charge in [-0.15, -0.1) is 11.3 Å². The van der Waals surface area contributed by atoms with Gasteiger partial charge in [0.25, 0.3) is 5.91 Å². The number of imidazole rings is 1. The minimum absolute atomic E-state index is 0.175. The van der Waals surface area contributed by atoms with Gasteiger partial charge in [0.05, 0.1) is 23.5 Å². The van der Waals surface area contributed by atoms with E-state index in [1.165, 1.54) is 11.3 Å². The maximum Gasteiger partial charge on any atom is 0.267 e. The van der Waals surface area contributed by atoms with Crippen LogP contribution in [0.5, 0.6) is 11.5 Å². The van der Waals surface area contributed by atoms with Crippen molar-refractivity contribution >= 4 is 28.6 Å². The van der Waals surface area contributed by atoms with Gasteiger partial charge in [0.1, 0.15) is 17.1 Å². The minimum Gasteiger partial charge on any atom is -0.493 e. The second kappa shape index (κ2) is 9.40. The summed E-state index contributed by atoms with van der Waals surface area (Å²) in [5.41, 5.74) is 3.03. The zero-order chi connectivity index (χ0) is 22.7. The van der Waals surface area contributed by atoms with Gasteiger partial charge < -0.3 is 19.2 Å². The number of fused-ring (bicyclic) bond motifs is 1. The monoisotopic (exact) mass is 450 g/mol. The maximum atomic E-state index is 12.9. The fourth-order valence-electron chi connectivity index (χ4n) is 3.36. The summed E-state index contributed by atoms with van der Waals surface area (Å²) in [6.45, 7) is 6.43. The van der Waals surface area contributed by atoms with E-state index in [-0.39, 0.29) is 12.5 Å². The van der Waals surface area contributed by atoms with E-state index in [9.17, 15) is 4.79 Å². The second-order valence-electron chi connectivity index (χ2n) is 7.93.